The highest BCUT2D eigenvalue weighted by molar-refractivity contribution is 5.82. The molecule has 17 heavy (non-hydrogen) atoms. The zero-order valence-electron chi connectivity index (χ0n) is 10.7. The van der Waals surface area contributed by atoms with E-state index in [1.807, 2.05) is 13.2 Å². The molecule has 1 aromatic rings. The fourth-order valence-corrected chi connectivity index (χ4v) is 2.75. The van der Waals surface area contributed by atoms with Crippen molar-refractivity contribution in [1.29, 1.82) is 0 Å². The monoisotopic (exact) mass is 235 g/mol. The number of rotatable bonds is 4. The lowest BCUT2D eigenvalue weighted by Gasteiger charge is -2.27. The molecule has 2 rings (SSSR count). The third kappa shape index (κ3) is 3.14. The average molecular weight is 235 g/mol. The van der Waals surface area contributed by atoms with Gasteiger partial charge in [-0.15, -0.1) is 5.10 Å². The third-order valence-corrected chi connectivity index (χ3v) is 3.82. The molecule has 94 valence electrons. The fraction of sp³-hybridized carbons (Fsp3) is 0.769. The minimum absolute atomic E-state index is 0.260. The molecule has 1 saturated carbocycles. The predicted octanol–water partition coefficient (Wildman–Crippen LogP) is 2.14. The standard InChI is InChI=1S/C13H21N3O/c1-3-10-5-4-6-11(7-10)13(17)8-12-9-16(2)15-14-12/h9-11H,3-8H2,1-2H3. The number of nitrogens with zero attached hydrogens (tertiary/aromatic N) is 3. The SMILES string of the molecule is CCC1CCCC(C(=O)Cc2cn(C)nn2)C1. The summed E-state index contributed by atoms with van der Waals surface area (Å²) in [6.45, 7) is 2.22. The Bertz CT molecular complexity index is 386. The van der Waals surface area contributed by atoms with Crippen molar-refractivity contribution in [2.75, 3.05) is 0 Å². The first-order valence-corrected chi connectivity index (χ1v) is 6.57. The Morgan fingerprint density at radius 2 is 2.35 bits per heavy atom. The summed E-state index contributed by atoms with van der Waals surface area (Å²) in [7, 11) is 1.83. The van der Waals surface area contributed by atoms with E-state index < -0.39 is 0 Å². The Hall–Kier alpha value is -1.19. The maximum atomic E-state index is 12.2. The lowest BCUT2D eigenvalue weighted by atomic mass is 9.77. The summed E-state index contributed by atoms with van der Waals surface area (Å²) in [5.41, 5.74) is 0.802. The van der Waals surface area contributed by atoms with Crippen LogP contribution < -0.4 is 0 Å². The number of Topliss-reactive ketones (excluding diaryl/α,β-unsaturated/α-hetero) is 1. The molecule has 0 bridgehead atoms. The van der Waals surface area contributed by atoms with Crippen molar-refractivity contribution in [1.82, 2.24) is 15.0 Å². The van der Waals surface area contributed by atoms with E-state index in [-0.39, 0.29) is 5.92 Å². The molecular weight excluding hydrogens is 214 g/mol. The first kappa shape index (κ1) is 12.3. The second-order valence-corrected chi connectivity index (χ2v) is 5.16. The molecule has 2 unspecified atom stereocenters. The number of hydrogen-bond donors (Lipinski definition) is 0. The van der Waals surface area contributed by atoms with Gasteiger partial charge in [0, 0.05) is 19.2 Å². The van der Waals surface area contributed by atoms with Crippen molar-refractivity contribution in [2.45, 2.75) is 45.4 Å². The molecule has 1 aliphatic carbocycles. The summed E-state index contributed by atoms with van der Waals surface area (Å²) in [5, 5.41) is 7.84. The maximum absolute atomic E-state index is 12.2. The number of aromatic nitrogens is 3. The van der Waals surface area contributed by atoms with Gasteiger partial charge in [-0.25, -0.2) is 0 Å². The van der Waals surface area contributed by atoms with Gasteiger partial charge >= 0.3 is 0 Å². The predicted molar refractivity (Wildman–Crippen MR) is 65.5 cm³/mol. The van der Waals surface area contributed by atoms with Crippen molar-refractivity contribution < 1.29 is 4.79 Å². The van der Waals surface area contributed by atoms with E-state index in [0.717, 1.165) is 24.5 Å². The number of aryl methyl sites for hydroxylation is 1. The van der Waals surface area contributed by atoms with E-state index in [1.54, 1.807) is 4.68 Å². The molecule has 0 radical (unpaired) electrons. The second kappa shape index (κ2) is 5.43. The molecule has 1 aliphatic rings. The van der Waals surface area contributed by atoms with Gasteiger partial charge in [0.25, 0.3) is 0 Å². The molecule has 4 nitrogen and oxygen atoms in total. The lowest BCUT2D eigenvalue weighted by Crippen LogP contribution is -2.24. The van der Waals surface area contributed by atoms with Crippen LogP contribution in [0.4, 0.5) is 0 Å². The van der Waals surface area contributed by atoms with Crippen molar-refractivity contribution >= 4 is 5.78 Å². The van der Waals surface area contributed by atoms with Crippen LogP contribution in [-0.2, 0) is 18.3 Å². The van der Waals surface area contributed by atoms with Crippen molar-refractivity contribution in [3.05, 3.63) is 11.9 Å². The highest BCUT2D eigenvalue weighted by Gasteiger charge is 2.26. The van der Waals surface area contributed by atoms with Gasteiger partial charge in [0.2, 0.25) is 0 Å². The number of carbonyl (C=O) groups excluding carboxylic acids is 1. The van der Waals surface area contributed by atoms with Gasteiger partial charge in [-0.2, -0.15) is 0 Å². The van der Waals surface area contributed by atoms with Crippen LogP contribution in [0.2, 0.25) is 0 Å². The summed E-state index contributed by atoms with van der Waals surface area (Å²) in [6, 6.07) is 0. The Kier molecular flexibility index (Phi) is 3.92. The van der Waals surface area contributed by atoms with Gasteiger partial charge < -0.3 is 0 Å². The molecule has 2 atom stereocenters. The van der Waals surface area contributed by atoms with Crippen LogP contribution in [0.25, 0.3) is 0 Å². The van der Waals surface area contributed by atoms with Gasteiger partial charge in [-0.1, -0.05) is 31.4 Å². The zero-order valence-corrected chi connectivity index (χ0v) is 10.7. The van der Waals surface area contributed by atoms with Gasteiger partial charge in [0.15, 0.2) is 0 Å². The van der Waals surface area contributed by atoms with E-state index in [0.29, 0.717) is 12.2 Å². The number of hydrogen-bond acceptors (Lipinski definition) is 3. The molecular formula is C13H21N3O. The minimum Gasteiger partial charge on any atom is -0.299 e. The Labute approximate surface area is 102 Å². The van der Waals surface area contributed by atoms with Gasteiger partial charge in [-0.3, -0.25) is 9.48 Å². The molecule has 0 saturated heterocycles. The van der Waals surface area contributed by atoms with E-state index in [9.17, 15) is 4.79 Å². The van der Waals surface area contributed by atoms with E-state index in [2.05, 4.69) is 17.2 Å². The molecule has 0 aromatic carbocycles. The molecule has 0 spiro atoms. The lowest BCUT2D eigenvalue weighted by molar-refractivity contribution is -0.123. The third-order valence-electron chi connectivity index (χ3n) is 3.82. The first-order chi connectivity index (χ1) is 8.19. The molecule has 1 fully saturated rings. The number of carbonyl (C=O) groups is 1. The van der Waals surface area contributed by atoms with Crippen LogP contribution in [0, 0.1) is 11.8 Å². The maximum Gasteiger partial charge on any atom is 0.142 e. The Morgan fingerprint density at radius 3 is 3.00 bits per heavy atom. The summed E-state index contributed by atoms with van der Waals surface area (Å²) < 4.78 is 1.65. The van der Waals surface area contributed by atoms with Crippen molar-refractivity contribution in [2.24, 2.45) is 18.9 Å². The number of ketones is 1. The van der Waals surface area contributed by atoms with Crippen molar-refractivity contribution in [3.63, 3.8) is 0 Å². The fourth-order valence-electron chi connectivity index (χ4n) is 2.75. The summed E-state index contributed by atoms with van der Waals surface area (Å²) >= 11 is 0. The Morgan fingerprint density at radius 1 is 1.53 bits per heavy atom. The average Bonchev–Trinajstić information content (AvgIpc) is 2.75. The van der Waals surface area contributed by atoms with Crippen LogP contribution in [0.1, 0.15) is 44.7 Å². The molecule has 0 aliphatic heterocycles. The van der Waals surface area contributed by atoms with Gasteiger partial charge in [0.05, 0.1) is 12.1 Å². The van der Waals surface area contributed by atoms with E-state index in [4.69, 9.17) is 0 Å². The van der Waals surface area contributed by atoms with Crippen LogP contribution in [-0.4, -0.2) is 20.8 Å². The summed E-state index contributed by atoms with van der Waals surface area (Å²) in [4.78, 5) is 12.2. The molecule has 4 heteroatoms. The molecule has 1 heterocycles. The van der Waals surface area contributed by atoms with Gasteiger partial charge in [0.1, 0.15) is 5.78 Å². The summed E-state index contributed by atoms with van der Waals surface area (Å²) in [5.74, 6) is 1.36. The molecule has 1 aromatic heterocycles. The van der Waals surface area contributed by atoms with Crippen LogP contribution >= 0.6 is 0 Å². The first-order valence-electron chi connectivity index (χ1n) is 6.57. The smallest absolute Gasteiger partial charge is 0.142 e. The van der Waals surface area contributed by atoms with Gasteiger partial charge in [-0.05, 0) is 18.8 Å². The molecule has 0 amide bonds. The van der Waals surface area contributed by atoms with Crippen molar-refractivity contribution in [3.8, 4) is 0 Å². The summed E-state index contributed by atoms with van der Waals surface area (Å²) in [6.07, 6.45) is 8.13. The quantitative estimate of drug-likeness (QED) is 0.803. The normalized spacial score (nSPS) is 24.8. The molecule has 0 N–H and O–H groups in total. The zero-order chi connectivity index (χ0) is 12.3. The highest BCUT2D eigenvalue weighted by Crippen LogP contribution is 2.31. The largest absolute Gasteiger partial charge is 0.299 e. The van der Waals surface area contributed by atoms with E-state index >= 15 is 0 Å². The van der Waals surface area contributed by atoms with Crippen LogP contribution in [0.15, 0.2) is 6.20 Å². The van der Waals surface area contributed by atoms with Crippen LogP contribution in [0.3, 0.4) is 0 Å². The highest BCUT2D eigenvalue weighted by atomic mass is 16.1. The van der Waals surface area contributed by atoms with Crippen LogP contribution in [0.5, 0.6) is 0 Å². The Balaban J connectivity index is 1.91. The van der Waals surface area contributed by atoms with E-state index in [1.165, 1.54) is 19.3 Å². The topological polar surface area (TPSA) is 47.8 Å². The second-order valence-electron chi connectivity index (χ2n) is 5.16. The minimum atomic E-state index is 0.260.